The van der Waals surface area contributed by atoms with Crippen LogP contribution in [0.5, 0.6) is 5.75 Å². The molecule has 0 N–H and O–H groups in total. The second-order valence-electron chi connectivity index (χ2n) is 3.97. The lowest BCUT2D eigenvalue weighted by Gasteiger charge is -2.00. The Morgan fingerprint density at radius 1 is 1.11 bits per heavy atom. The molecule has 0 spiro atoms. The van der Waals surface area contributed by atoms with Gasteiger partial charge < -0.3 is 4.74 Å². The van der Waals surface area contributed by atoms with E-state index in [4.69, 9.17) is 4.74 Å². The molecule has 0 atom stereocenters. The van der Waals surface area contributed by atoms with Crippen molar-refractivity contribution in [3.05, 3.63) is 60.2 Å². The summed E-state index contributed by atoms with van der Waals surface area (Å²) in [6.45, 7) is 0.816. The lowest BCUT2D eigenvalue weighted by Crippen LogP contribution is -1.89. The number of hydrogen-bond donors (Lipinski definition) is 0. The van der Waals surface area contributed by atoms with E-state index in [2.05, 4.69) is 29.3 Å². The predicted molar refractivity (Wildman–Crippen MR) is 82.6 cm³/mol. The van der Waals surface area contributed by atoms with E-state index in [-0.39, 0.29) is 0 Å². The molecule has 0 aromatic heterocycles. The largest absolute Gasteiger partial charge is 0.497 e. The van der Waals surface area contributed by atoms with Gasteiger partial charge in [-0.25, -0.2) is 0 Å². The van der Waals surface area contributed by atoms with Crippen molar-refractivity contribution in [1.82, 2.24) is 0 Å². The number of nitrogens with zero attached hydrogens (tertiary/aromatic N) is 1. The lowest BCUT2D eigenvalue weighted by molar-refractivity contribution is 0.415. The van der Waals surface area contributed by atoms with Gasteiger partial charge >= 0.3 is 0 Å². The average Bonchev–Trinajstić information content (AvgIpc) is 2.48. The minimum atomic E-state index is 0.816. The molecule has 2 nitrogen and oxygen atoms in total. The molecule has 0 heterocycles. The molecule has 0 unspecified atom stereocenters. The second kappa shape index (κ2) is 7.64. The van der Waals surface area contributed by atoms with Crippen LogP contribution in [0.25, 0.3) is 0 Å². The van der Waals surface area contributed by atoms with Crippen molar-refractivity contribution >= 4 is 18.0 Å². The van der Waals surface area contributed by atoms with E-state index in [9.17, 15) is 0 Å². The van der Waals surface area contributed by atoms with E-state index in [0.29, 0.717) is 0 Å². The third-order valence-corrected chi connectivity index (χ3v) is 3.56. The van der Waals surface area contributed by atoms with E-state index in [1.54, 1.807) is 7.11 Å². The fraction of sp³-hybridized carbons (Fsp3) is 0.188. The molecule has 0 fully saturated rings. The zero-order valence-electron chi connectivity index (χ0n) is 11.0. The maximum atomic E-state index is 5.17. The van der Waals surface area contributed by atoms with Crippen LogP contribution >= 0.6 is 11.8 Å². The number of benzene rings is 2. The van der Waals surface area contributed by atoms with Gasteiger partial charge in [0.05, 0.1) is 7.11 Å². The quantitative estimate of drug-likeness (QED) is 0.451. The molecule has 0 aliphatic heterocycles. The molecule has 2 rings (SSSR count). The summed E-state index contributed by atoms with van der Waals surface area (Å²) in [5.74, 6) is 1.85. The molecule has 0 amide bonds. The molecule has 2 aromatic carbocycles. The standard InChI is InChI=1S/C16H17NOS/c1-18-15-7-5-6-14(12-15)13-17-10-11-19-16-8-3-2-4-9-16/h2-9,12-13H,10-11H2,1H3. The molecule has 19 heavy (non-hydrogen) atoms. The summed E-state index contributed by atoms with van der Waals surface area (Å²) >= 11 is 1.82. The molecule has 2 aromatic rings. The first-order valence-electron chi connectivity index (χ1n) is 6.20. The maximum Gasteiger partial charge on any atom is 0.119 e. The summed E-state index contributed by atoms with van der Waals surface area (Å²) < 4.78 is 5.17. The zero-order chi connectivity index (χ0) is 13.3. The van der Waals surface area contributed by atoms with Crippen molar-refractivity contribution in [2.75, 3.05) is 19.4 Å². The van der Waals surface area contributed by atoms with Gasteiger partial charge in [0.2, 0.25) is 0 Å². The predicted octanol–water partition coefficient (Wildman–Crippen LogP) is 3.91. The number of rotatable bonds is 6. The summed E-state index contributed by atoms with van der Waals surface area (Å²) in [6.07, 6.45) is 1.90. The van der Waals surface area contributed by atoms with Crippen molar-refractivity contribution in [2.24, 2.45) is 4.99 Å². The van der Waals surface area contributed by atoms with Gasteiger partial charge in [-0.1, -0.05) is 30.3 Å². The Labute approximate surface area is 118 Å². The second-order valence-corrected chi connectivity index (χ2v) is 5.14. The number of hydrogen-bond acceptors (Lipinski definition) is 3. The smallest absolute Gasteiger partial charge is 0.119 e. The molecule has 0 saturated heterocycles. The summed E-state index contributed by atoms with van der Waals surface area (Å²) in [7, 11) is 1.67. The first-order valence-corrected chi connectivity index (χ1v) is 7.19. The fourth-order valence-corrected chi connectivity index (χ4v) is 2.41. The first kappa shape index (κ1) is 13.7. The Hall–Kier alpha value is -1.74. The van der Waals surface area contributed by atoms with Crippen molar-refractivity contribution in [3.8, 4) is 5.75 Å². The average molecular weight is 271 g/mol. The lowest BCUT2D eigenvalue weighted by atomic mass is 10.2. The van der Waals surface area contributed by atoms with Crippen LogP contribution in [0.15, 0.2) is 64.5 Å². The molecule has 3 heteroatoms. The number of aliphatic imine (C=N–C) groups is 1. The minimum Gasteiger partial charge on any atom is -0.497 e. The maximum absolute atomic E-state index is 5.17. The molecular weight excluding hydrogens is 254 g/mol. The Morgan fingerprint density at radius 2 is 1.95 bits per heavy atom. The summed E-state index contributed by atoms with van der Waals surface area (Å²) in [5.41, 5.74) is 1.07. The highest BCUT2D eigenvalue weighted by Crippen LogP contribution is 2.16. The highest BCUT2D eigenvalue weighted by Gasteiger charge is 1.93. The van der Waals surface area contributed by atoms with Crippen LogP contribution in [0, 0.1) is 0 Å². The highest BCUT2D eigenvalue weighted by atomic mass is 32.2. The molecular formula is C16H17NOS. The number of thioether (sulfide) groups is 1. The van der Waals surface area contributed by atoms with Crippen molar-refractivity contribution in [3.63, 3.8) is 0 Å². The molecule has 0 radical (unpaired) electrons. The van der Waals surface area contributed by atoms with Gasteiger partial charge in [-0.2, -0.15) is 0 Å². The summed E-state index contributed by atoms with van der Waals surface area (Å²) in [6, 6.07) is 18.3. The monoisotopic (exact) mass is 271 g/mol. The van der Waals surface area contributed by atoms with Gasteiger partial charge in [0, 0.05) is 23.4 Å². The first-order chi connectivity index (χ1) is 9.38. The summed E-state index contributed by atoms with van der Waals surface area (Å²) in [4.78, 5) is 5.72. The van der Waals surface area contributed by atoms with Crippen LogP contribution in [0.3, 0.4) is 0 Å². The molecule has 0 bridgehead atoms. The van der Waals surface area contributed by atoms with E-state index in [1.165, 1.54) is 4.90 Å². The number of methoxy groups -OCH3 is 1. The Kier molecular flexibility index (Phi) is 5.50. The van der Waals surface area contributed by atoms with Crippen LogP contribution < -0.4 is 4.74 Å². The zero-order valence-corrected chi connectivity index (χ0v) is 11.8. The third kappa shape index (κ3) is 4.79. The SMILES string of the molecule is COc1cccc(C=NCCSc2ccccc2)c1. The van der Waals surface area contributed by atoms with Crippen molar-refractivity contribution in [1.29, 1.82) is 0 Å². The van der Waals surface area contributed by atoms with Gasteiger partial charge in [-0.3, -0.25) is 4.99 Å². The van der Waals surface area contributed by atoms with Crippen molar-refractivity contribution in [2.45, 2.75) is 4.90 Å². The minimum absolute atomic E-state index is 0.816. The van der Waals surface area contributed by atoms with Gasteiger partial charge in [0.1, 0.15) is 5.75 Å². The van der Waals surface area contributed by atoms with E-state index in [1.807, 2.05) is 48.3 Å². The van der Waals surface area contributed by atoms with Crippen LogP contribution in [0.2, 0.25) is 0 Å². The Balaban J connectivity index is 1.77. The van der Waals surface area contributed by atoms with E-state index >= 15 is 0 Å². The van der Waals surface area contributed by atoms with Crippen LogP contribution in [-0.4, -0.2) is 25.6 Å². The molecule has 0 saturated carbocycles. The molecule has 0 aliphatic rings. The van der Waals surface area contributed by atoms with Crippen LogP contribution in [0.4, 0.5) is 0 Å². The Morgan fingerprint density at radius 3 is 2.74 bits per heavy atom. The fourth-order valence-electron chi connectivity index (χ4n) is 1.62. The van der Waals surface area contributed by atoms with E-state index in [0.717, 1.165) is 23.6 Å². The molecule has 98 valence electrons. The van der Waals surface area contributed by atoms with Gasteiger partial charge in [-0.15, -0.1) is 11.8 Å². The van der Waals surface area contributed by atoms with Crippen molar-refractivity contribution < 1.29 is 4.74 Å². The van der Waals surface area contributed by atoms with Crippen LogP contribution in [-0.2, 0) is 0 Å². The topological polar surface area (TPSA) is 21.6 Å². The van der Waals surface area contributed by atoms with E-state index < -0.39 is 0 Å². The van der Waals surface area contributed by atoms with Crippen LogP contribution in [0.1, 0.15) is 5.56 Å². The Bertz CT molecular complexity index is 525. The van der Waals surface area contributed by atoms with Gasteiger partial charge in [0.15, 0.2) is 0 Å². The van der Waals surface area contributed by atoms with Gasteiger partial charge in [0.25, 0.3) is 0 Å². The molecule has 0 aliphatic carbocycles. The summed E-state index contributed by atoms with van der Waals surface area (Å²) in [5, 5.41) is 0. The highest BCUT2D eigenvalue weighted by molar-refractivity contribution is 7.99. The number of ether oxygens (including phenoxy) is 1. The van der Waals surface area contributed by atoms with Gasteiger partial charge in [-0.05, 0) is 29.8 Å². The normalized spacial score (nSPS) is 10.8. The third-order valence-electron chi connectivity index (χ3n) is 2.57.